The standard InChI is InChI=1S/C6H8N2.H6N3P3/c7-5-3-1-2-4-6(5)8;1-4-2-6-3-5-1/h1-4H,7-8H2;1-6H. The second kappa shape index (κ2) is 7.30. The number of nitrogen functional groups attached to an aromatic ring is 2. The highest BCUT2D eigenvalue weighted by Crippen LogP contribution is 2.23. The van der Waals surface area contributed by atoms with Crippen LogP contribution in [0.25, 0.3) is 0 Å². The molecule has 1 fully saturated rings. The van der Waals surface area contributed by atoms with Gasteiger partial charge in [0.05, 0.1) is 11.4 Å². The summed E-state index contributed by atoms with van der Waals surface area (Å²) in [5.74, 6) is 0. The minimum Gasteiger partial charge on any atom is -0.397 e. The first-order valence-corrected chi connectivity index (χ1v) is 6.90. The van der Waals surface area contributed by atoms with Crippen molar-refractivity contribution in [2.45, 2.75) is 0 Å². The Morgan fingerprint density at radius 2 is 1.14 bits per heavy atom. The van der Waals surface area contributed by atoms with Crippen LogP contribution in [-0.4, -0.2) is 0 Å². The molecule has 14 heavy (non-hydrogen) atoms. The monoisotopic (exact) mass is 249 g/mol. The molecule has 5 nitrogen and oxygen atoms in total. The molecule has 1 aliphatic heterocycles. The molecule has 0 atom stereocenters. The van der Waals surface area contributed by atoms with Crippen LogP contribution in [0.15, 0.2) is 24.3 Å². The Morgan fingerprint density at radius 1 is 0.786 bits per heavy atom. The molecule has 0 spiro atoms. The number of nitrogens with one attached hydrogen (secondary N) is 3. The Labute approximate surface area is 88.8 Å². The maximum absolute atomic E-state index is 5.39. The molecule has 8 heteroatoms. The maximum atomic E-state index is 5.39. The summed E-state index contributed by atoms with van der Waals surface area (Å²) in [4.78, 5) is 9.38. The van der Waals surface area contributed by atoms with Gasteiger partial charge in [0.15, 0.2) is 0 Å². The second-order valence-corrected chi connectivity index (χ2v) is 6.13. The van der Waals surface area contributed by atoms with Crippen molar-refractivity contribution in [2.24, 2.45) is 0 Å². The number of hydrogen-bond donors (Lipinski definition) is 5. The van der Waals surface area contributed by atoms with Crippen LogP contribution in [0.2, 0.25) is 0 Å². The fourth-order valence-corrected chi connectivity index (χ4v) is 3.89. The number of para-hydroxylation sites is 2. The summed E-state index contributed by atoms with van der Waals surface area (Å²) in [5, 5.41) is 0. The van der Waals surface area contributed by atoms with Crippen LogP contribution in [-0.2, 0) is 0 Å². The zero-order valence-corrected chi connectivity index (χ0v) is 10.5. The van der Waals surface area contributed by atoms with Gasteiger partial charge < -0.3 is 11.5 Å². The van der Waals surface area contributed by atoms with E-state index in [9.17, 15) is 0 Å². The largest absolute Gasteiger partial charge is 0.397 e. The molecular weight excluding hydrogens is 235 g/mol. The van der Waals surface area contributed by atoms with Crippen molar-refractivity contribution in [1.29, 1.82) is 0 Å². The topological polar surface area (TPSA) is 88.1 Å². The first kappa shape index (κ1) is 12.1. The molecule has 1 saturated heterocycles. The van der Waals surface area contributed by atoms with Crippen molar-refractivity contribution >= 4 is 38.0 Å². The zero-order valence-electron chi connectivity index (χ0n) is 7.46. The highest BCUT2D eigenvalue weighted by molar-refractivity contribution is 7.65. The van der Waals surface area contributed by atoms with Gasteiger partial charge in [-0.2, -0.15) is 0 Å². The van der Waals surface area contributed by atoms with Gasteiger partial charge in [-0.1, -0.05) is 12.1 Å². The van der Waals surface area contributed by atoms with Gasteiger partial charge in [-0.15, -0.1) is 0 Å². The van der Waals surface area contributed by atoms with Gasteiger partial charge in [-0.3, -0.25) is 14.6 Å². The summed E-state index contributed by atoms with van der Waals surface area (Å²) in [5.41, 5.74) is 12.1. The Morgan fingerprint density at radius 3 is 1.36 bits per heavy atom. The summed E-state index contributed by atoms with van der Waals surface area (Å²) in [6.45, 7) is 0. The molecule has 0 bridgehead atoms. The molecule has 1 aromatic rings. The van der Waals surface area contributed by atoms with E-state index in [-0.39, 0.29) is 0 Å². The predicted molar refractivity (Wildman–Crippen MR) is 69.6 cm³/mol. The van der Waals surface area contributed by atoms with E-state index >= 15 is 0 Å². The van der Waals surface area contributed by atoms with E-state index in [1.165, 1.54) is 0 Å². The highest BCUT2D eigenvalue weighted by Gasteiger charge is 1.90. The van der Waals surface area contributed by atoms with E-state index in [0.29, 0.717) is 11.4 Å². The Bertz CT molecular complexity index is 235. The van der Waals surface area contributed by atoms with E-state index in [1.807, 2.05) is 12.1 Å². The minimum atomic E-state index is 0.646. The lowest BCUT2D eigenvalue weighted by atomic mass is 10.3. The first-order chi connectivity index (χ1) is 6.80. The molecule has 0 aliphatic carbocycles. The minimum absolute atomic E-state index is 0.646. The molecule has 0 saturated carbocycles. The third kappa shape index (κ3) is 5.02. The van der Waals surface area contributed by atoms with Crippen LogP contribution in [0.5, 0.6) is 0 Å². The number of rotatable bonds is 0. The number of benzene rings is 1. The normalized spacial score (nSPS) is 20.6. The van der Waals surface area contributed by atoms with Gasteiger partial charge in [-0.25, -0.2) is 0 Å². The number of anilines is 2. The summed E-state index contributed by atoms with van der Waals surface area (Å²) in [6, 6.07) is 7.25. The van der Waals surface area contributed by atoms with Gasteiger partial charge >= 0.3 is 0 Å². The third-order valence-corrected chi connectivity index (χ3v) is 4.37. The number of nitrogens with two attached hydrogens (primary N) is 2. The predicted octanol–water partition coefficient (Wildman–Crippen LogP) is 1.15. The van der Waals surface area contributed by atoms with E-state index in [2.05, 4.69) is 14.6 Å². The van der Waals surface area contributed by atoms with Crippen LogP contribution < -0.4 is 26.0 Å². The van der Waals surface area contributed by atoms with Gasteiger partial charge in [0.25, 0.3) is 0 Å². The quantitative estimate of drug-likeness (QED) is 0.351. The molecule has 1 heterocycles. The van der Waals surface area contributed by atoms with Crippen molar-refractivity contribution in [1.82, 2.24) is 14.6 Å². The third-order valence-electron chi connectivity index (χ3n) is 1.37. The molecule has 0 unspecified atom stereocenters. The molecule has 0 amide bonds. The van der Waals surface area contributed by atoms with E-state index in [1.54, 1.807) is 12.1 Å². The zero-order chi connectivity index (χ0) is 10.2. The van der Waals surface area contributed by atoms with Crippen LogP contribution in [0, 0.1) is 0 Å². The maximum Gasteiger partial charge on any atom is 0.0547 e. The fourth-order valence-electron chi connectivity index (χ4n) is 0.698. The molecule has 2 rings (SSSR count). The van der Waals surface area contributed by atoms with Crippen molar-refractivity contribution < 1.29 is 0 Å². The van der Waals surface area contributed by atoms with Crippen molar-refractivity contribution in [3.63, 3.8) is 0 Å². The second-order valence-electron chi connectivity index (χ2n) is 2.38. The van der Waals surface area contributed by atoms with Crippen molar-refractivity contribution in [2.75, 3.05) is 11.5 Å². The molecule has 0 radical (unpaired) electrons. The summed E-state index contributed by atoms with van der Waals surface area (Å²) in [6.07, 6.45) is 0. The van der Waals surface area contributed by atoms with Crippen molar-refractivity contribution in [3.8, 4) is 0 Å². The Balaban J connectivity index is 0.000000146. The summed E-state index contributed by atoms with van der Waals surface area (Å²) < 4.78 is 0. The smallest absolute Gasteiger partial charge is 0.0547 e. The Kier molecular flexibility index (Phi) is 6.29. The lowest BCUT2D eigenvalue weighted by Gasteiger charge is -2.12. The lowest BCUT2D eigenvalue weighted by Crippen LogP contribution is -2.07. The van der Waals surface area contributed by atoms with Gasteiger partial charge in [0.1, 0.15) is 0 Å². The highest BCUT2D eigenvalue weighted by atomic mass is 31.2. The van der Waals surface area contributed by atoms with Crippen LogP contribution in [0.1, 0.15) is 0 Å². The number of hydrogen-bond acceptors (Lipinski definition) is 5. The summed E-state index contributed by atoms with van der Waals surface area (Å²) >= 11 is 0. The molecule has 0 aromatic heterocycles. The molecule has 7 N–H and O–H groups in total. The molecular formula is C6H14N5P3. The van der Waals surface area contributed by atoms with Crippen LogP contribution in [0.3, 0.4) is 0 Å². The van der Waals surface area contributed by atoms with Crippen molar-refractivity contribution in [3.05, 3.63) is 24.3 Å². The molecule has 1 aliphatic rings. The van der Waals surface area contributed by atoms with Gasteiger partial charge in [0.2, 0.25) is 0 Å². The summed E-state index contributed by atoms with van der Waals surface area (Å²) in [7, 11) is 2.29. The van der Waals surface area contributed by atoms with E-state index in [4.69, 9.17) is 11.5 Å². The van der Waals surface area contributed by atoms with Gasteiger partial charge in [0, 0.05) is 26.6 Å². The average molecular weight is 249 g/mol. The molecule has 1 aromatic carbocycles. The SMILES string of the molecule is N1PNPNP1.Nc1ccccc1N. The van der Waals surface area contributed by atoms with E-state index < -0.39 is 0 Å². The fraction of sp³-hybridized carbons (Fsp3) is 0. The van der Waals surface area contributed by atoms with Crippen LogP contribution >= 0.6 is 26.6 Å². The lowest BCUT2D eigenvalue weighted by molar-refractivity contribution is 1.44. The van der Waals surface area contributed by atoms with Crippen LogP contribution in [0.4, 0.5) is 11.4 Å². The Hall–Kier alpha value is -0.0100. The first-order valence-electron chi connectivity index (χ1n) is 3.90. The molecule has 78 valence electrons. The van der Waals surface area contributed by atoms with E-state index in [0.717, 1.165) is 26.6 Å². The van der Waals surface area contributed by atoms with Gasteiger partial charge in [-0.05, 0) is 12.1 Å². The average Bonchev–Trinajstić information content (AvgIpc) is 2.26.